The van der Waals surface area contributed by atoms with E-state index in [9.17, 15) is 17.4 Å². The van der Waals surface area contributed by atoms with Crippen molar-refractivity contribution in [1.82, 2.24) is 0 Å². The highest BCUT2D eigenvalue weighted by Crippen LogP contribution is 2.20. The lowest BCUT2D eigenvalue weighted by Crippen LogP contribution is -2.45. The quantitative estimate of drug-likeness (QED) is 0.349. The number of benzene rings is 1. The van der Waals surface area contributed by atoms with Crippen molar-refractivity contribution in [1.29, 1.82) is 0 Å². The van der Waals surface area contributed by atoms with Crippen molar-refractivity contribution >= 4 is 26.0 Å². The Morgan fingerprint density at radius 3 is 2.05 bits per heavy atom. The van der Waals surface area contributed by atoms with Crippen LogP contribution < -0.4 is 10.5 Å². The van der Waals surface area contributed by atoms with Crippen molar-refractivity contribution in [3.8, 4) is 0 Å². The SMILES string of the molecule is Cc1cc(C)c(S(=O)(=O)[O-])c(C)c1.N[n+]1cc(F)ccc1Br. The van der Waals surface area contributed by atoms with E-state index in [1.807, 2.05) is 6.92 Å². The summed E-state index contributed by atoms with van der Waals surface area (Å²) in [4.78, 5) is -0.0851. The van der Waals surface area contributed by atoms with Gasteiger partial charge >= 0.3 is 0 Å². The van der Waals surface area contributed by atoms with Crippen LogP contribution >= 0.6 is 15.9 Å². The third kappa shape index (κ3) is 5.04. The van der Waals surface area contributed by atoms with E-state index in [1.165, 1.54) is 18.3 Å². The van der Waals surface area contributed by atoms with Crippen molar-refractivity contribution in [3.63, 3.8) is 0 Å². The smallest absolute Gasteiger partial charge is 0.277 e. The first-order valence-electron chi connectivity index (χ1n) is 6.18. The van der Waals surface area contributed by atoms with E-state index >= 15 is 0 Å². The van der Waals surface area contributed by atoms with Gasteiger partial charge in [-0.15, -0.1) is 0 Å². The molecule has 0 aliphatic heterocycles. The molecule has 0 radical (unpaired) electrons. The molecule has 0 aliphatic carbocycles. The molecule has 0 aliphatic rings. The maximum atomic E-state index is 12.2. The van der Waals surface area contributed by atoms with Gasteiger partial charge in [-0.2, -0.15) is 0 Å². The molecule has 0 spiro atoms. The molecule has 0 unspecified atom stereocenters. The molecule has 0 fully saturated rings. The van der Waals surface area contributed by atoms with E-state index in [1.54, 1.807) is 26.0 Å². The molecule has 5 nitrogen and oxygen atoms in total. The lowest BCUT2D eigenvalue weighted by Gasteiger charge is -2.14. The normalized spacial score (nSPS) is 10.8. The number of nitrogens with two attached hydrogens (primary N) is 1. The standard InChI is InChI=1S/C9H12O3S.C5H5BrFN2/c1-6-4-7(2)9(8(3)5-6)13(10,11)12;6-5-2-1-4(7)3-9(5)8/h4-5H,1-3H3,(H,10,11,12);1-3H,8H2/q;+1/p-1. The number of rotatable bonds is 1. The van der Waals surface area contributed by atoms with E-state index in [-0.39, 0.29) is 10.7 Å². The second-order valence-corrected chi connectivity index (χ2v) is 6.89. The zero-order valence-corrected chi connectivity index (χ0v) is 14.7. The minimum Gasteiger partial charge on any atom is -0.744 e. The average molecular weight is 391 g/mol. The molecule has 8 heteroatoms. The summed E-state index contributed by atoms with van der Waals surface area (Å²) in [5.74, 6) is 4.90. The Morgan fingerprint density at radius 1 is 1.18 bits per heavy atom. The van der Waals surface area contributed by atoms with Crippen molar-refractivity contribution in [2.75, 3.05) is 5.84 Å². The summed E-state index contributed by atoms with van der Waals surface area (Å²) in [6.07, 6.45) is 1.18. The van der Waals surface area contributed by atoms with Crippen molar-refractivity contribution in [2.24, 2.45) is 0 Å². The van der Waals surface area contributed by atoms with Gasteiger partial charge in [-0.25, -0.2) is 18.7 Å². The van der Waals surface area contributed by atoms with Crippen LogP contribution in [0, 0.1) is 26.6 Å². The first kappa shape index (κ1) is 18.5. The maximum Gasteiger partial charge on any atom is 0.277 e. The summed E-state index contributed by atoms with van der Waals surface area (Å²) < 4.78 is 46.5. The Kier molecular flexibility index (Phi) is 6.04. The molecule has 0 saturated heterocycles. The summed E-state index contributed by atoms with van der Waals surface area (Å²) in [5.41, 5.74) is 2.00. The van der Waals surface area contributed by atoms with Gasteiger partial charge in [0.05, 0.1) is 4.90 Å². The van der Waals surface area contributed by atoms with E-state index in [0.717, 1.165) is 10.2 Å². The van der Waals surface area contributed by atoms with E-state index < -0.39 is 10.1 Å². The second-order valence-electron chi connectivity index (χ2n) is 4.76. The minimum atomic E-state index is -4.33. The number of pyridine rings is 1. The number of nitrogens with zero attached hydrogens (tertiary/aromatic N) is 1. The zero-order valence-electron chi connectivity index (χ0n) is 12.3. The van der Waals surface area contributed by atoms with Crippen LogP contribution in [0.2, 0.25) is 0 Å². The number of hydrogen-bond acceptors (Lipinski definition) is 4. The van der Waals surface area contributed by atoms with E-state index in [0.29, 0.717) is 15.7 Å². The summed E-state index contributed by atoms with van der Waals surface area (Å²) in [7, 11) is -4.33. The first-order valence-corrected chi connectivity index (χ1v) is 8.38. The molecule has 2 aromatic rings. The number of nitrogen functional groups attached to an aromatic ring is 1. The van der Waals surface area contributed by atoms with Crippen LogP contribution in [-0.4, -0.2) is 13.0 Å². The maximum absolute atomic E-state index is 12.2. The molecule has 1 aromatic carbocycles. The lowest BCUT2D eigenvalue weighted by molar-refractivity contribution is -0.651. The van der Waals surface area contributed by atoms with Crippen molar-refractivity contribution < 1.29 is 22.0 Å². The van der Waals surface area contributed by atoms with Crippen LogP contribution in [0.25, 0.3) is 0 Å². The van der Waals surface area contributed by atoms with Crippen LogP contribution in [0.15, 0.2) is 40.0 Å². The molecule has 0 atom stereocenters. The molecule has 2 rings (SSSR count). The molecule has 22 heavy (non-hydrogen) atoms. The molecule has 2 N–H and O–H groups in total. The highest BCUT2D eigenvalue weighted by molar-refractivity contribution is 9.10. The van der Waals surface area contributed by atoms with Gasteiger partial charge in [0.2, 0.25) is 6.20 Å². The predicted molar refractivity (Wildman–Crippen MR) is 83.1 cm³/mol. The summed E-state index contributed by atoms with van der Waals surface area (Å²) in [5, 5.41) is 0. The van der Waals surface area contributed by atoms with Gasteiger partial charge in [-0.3, -0.25) is 0 Å². The predicted octanol–water partition coefficient (Wildman–Crippen LogP) is 2.11. The molecule has 1 aromatic heterocycles. The summed E-state index contributed by atoms with van der Waals surface area (Å²) in [6.45, 7) is 5.12. The van der Waals surface area contributed by atoms with Gasteiger partial charge in [0, 0.05) is 22.0 Å². The molecule has 0 saturated carbocycles. The Labute approximate surface area is 137 Å². The molecule has 1 heterocycles. The van der Waals surface area contributed by atoms with Crippen LogP contribution in [0.4, 0.5) is 4.39 Å². The molecular weight excluding hydrogens is 375 g/mol. The summed E-state index contributed by atoms with van der Waals surface area (Å²) >= 11 is 3.10. The summed E-state index contributed by atoms with van der Waals surface area (Å²) in [6, 6.07) is 6.25. The van der Waals surface area contributed by atoms with Gasteiger partial charge in [-0.05, 0) is 38.0 Å². The lowest BCUT2D eigenvalue weighted by atomic mass is 10.1. The van der Waals surface area contributed by atoms with Crippen LogP contribution in [0.3, 0.4) is 0 Å². The molecule has 0 bridgehead atoms. The molecular formula is C14H16BrFN2O3S. The van der Waals surface area contributed by atoms with Crippen LogP contribution in [-0.2, 0) is 10.1 Å². The van der Waals surface area contributed by atoms with Gasteiger partial charge in [-0.1, -0.05) is 22.4 Å². The molecule has 120 valence electrons. The van der Waals surface area contributed by atoms with E-state index in [4.69, 9.17) is 5.84 Å². The fourth-order valence-electron chi connectivity index (χ4n) is 2.03. The van der Waals surface area contributed by atoms with Gasteiger partial charge in [0.25, 0.3) is 4.60 Å². The number of aromatic nitrogens is 1. The number of aryl methyl sites for hydroxylation is 3. The van der Waals surface area contributed by atoms with Gasteiger partial charge in [0.15, 0.2) is 5.82 Å². The average Bonchev–Trinajstić information content (AvgIpc) is 2.31. The highest BCUT2D eigenvalue weighted by Gasteiger charge is 2.09. The third-order valence-electron chi connectivity index (χ3n) is 2.74. The topological polar surface area (TPSA) is 87.1 Å². The monoisotopic (exact) mass is 390 g/mol. The van der Waals surface area contributed by atoms with Gasteiger partial charge < -0.3 is 4.55 Å². The van der Waals surface area contributed by atoms with Crippen molar-refractivity contribution in [2.45, 2.75) is 25.7 Å². The van der Waals surface area contributed by atoms with E-state index in [2.05, 4.69) is 15.9 Å². The minimum absolute atomic E-state index is 0.0851. The Morgan fingerprint density at radius 2 is 1.68 bits per heavy atom. The highest BCUT2D eigenvalue weighted by atomic mass is 79.9. The fourth-order valence-corrected chi connectivity index (χ4v) is 3.17. The van der Waals surface area contributed by atoms with Crippen LogP contribution in [0.1, 0.15) is 16.7 Å². The Balaban J connectivity index is 0.000000235. The Hall–Kier alpha value is -1.51. The van der Waals surface area contributed by atoms with Gasteiger partial charge in [0.1, 0.15) is 10.1 Å². The first-order chi connectivity index (χ1) is 10.0. The largest absolute Gasteiger partial charge is 0.744 e. The molecule has 0 amide bonds. The fraction of sp³-hybridized carbons (Fsp3) is 0.214. The third-order valence-corrected chi connectivity index (χ3v) is 4.56. The number of halogens is 2. The van der Waals surface area contributed by atoms with Crippen molar-refractivity contribution in [3.05, 3.63) is 57.6 Å². The zero-order chi connectivity index (χ0) is 17.1. The second kappa shape index (κ2) is 7.17. The Bertz CT molecular complexity index is 772. The number of hydrogen-bond donors (Lipinski definition) is 1. The van der Waals surface area contributed by atoms with Crippen LogP contribution in [0.5, 0.6) is 0 Å².